The zero-order valence-corrected chi connectivity index (χ0v) is 48.6. The minimum Gasteiger partial charge on any atom is -1.00 e. The Labute approximate surface area is 469 Å². The summed E-state index contributed by atoms with van der Waals surface area (Å²) in [6.45, 7) is 18.1. The van der Waals surface area contributed by atoms with Crippen LogP contribution in [0.15, 0.2) is 97.3 Å². The standard InChI is InChI=1S/C65H83N6O4.HI/c1-8-16-48(17-9-2)72-50-22-24-58-54(38-50)52(26-30-66-58)62(60-36-46-28-32-70(60)40-42(46)12-5)74-64-56-34-44-20-14-15-21-45(44)35-57(56)65(69-68-64)75-63(61-37-47-29-33-71(61,7)41-43(47)13-6)53-27-31-67-59-25-23-51(39-55(53)59)73-49(18-10-3)19-11-4;/h14-15,20-27,30-31,34-35,38-39,42-43,46-49,60-63H,8-13,16-19,28-29,32-33,36-37,40-41H2,1-7H3;1H/q+1;/p-1/t42-,43-,46-,47-,60+,61+,62-,63-,71-;/m0./s1. The predicted octanol–water partition coefficient (Wildman–Crippen LogP) is 12.2. The molecule has 4 bridgehead atoms. The average Bonchev–Trinajstić information content (AvgIpc) is 3.44. The first-order chi connectivity index (χ1) is 36.7. The molecule has 0 amide bonds. The molecule has 9 heterocycles. The highest BCUT2D eigenvalue weighted by Gasteiger charge is 2.53. The van der Waals surface area contributed by atoms with Crippen molar-refractivity contribution < 1.29 is 47.4 Å². The lowest BCUT2D eigenvalue weighted by Crippen LogP contribution is -3.00. The zero-order valence-electron chi connectivity index (χ0n) is 46.4. The molecule has 404 valence electrons. The van der Waals surface area contributed by atoms with E-state index in [9.17, 15) is 0 Å². The largest absolute Gasteiger partial charge is 1.00 e. The first kappa shape index (κ1) is 54.5. The van der Waals surface area contributed by atoms with Crippen LogP contribution < -0.4 is 42.9 Å². The fourth-order valence-electron chi connectivity index (χ4n) is 14.6. The molecule has 7 aromatic rings. The van der Waals surface area contributed by atoms with Crippen molar-refractivity contribution in [3.8, 4) is 23.3 Å². The Balaban J connectivity index is 0.00000657. The molecule has 3 aromatic heterocycles. The molecule has 11 heteroatoms. The SMILES string of the molecule is CCCC(CCC)Oc1ccc2nccc([C@H](Oc3nnc(O[C@@H](c4ccnc5ccc(OC(CCC)CCC)cc45)[C@H]4C[C@@H]5CC[N@@+]4(C)C[C@@H]5CC)c4cc5ccccc5cc34)[C@H]3C[C@@H]4CCN3C[C@@H]4CC)c2c1.[I-]. The van der Waals surface area contributed by atoms with Crippen molar-refractivity contribution in [2.24, 2.45) is 23.7 Å². The summed E-state index contributed by atoms with van der Waals surface area (Å²) in [5.74, 6) is 5.54. The summed E-state index contributed by atoms with van der Waals surface area (Å²) >= 11 is 0. The van der Waals surface area contributed by atoms with Gasteiger partial charge < -0.3 is 47.4 Å². The molecule has 0 radical (unpaired) electrons. The van der Waals surface area contributed by atoms with Crippen LogP contribution in [0.4, 0.5) is 0 Å². The first-order valence-corrected chi connectivity index (χ1v) is 29.4. The molecule has 1 unspecified atom stereocenters. The van der Waals surface area contributed by atoms with Crippen LogP contribution in [0.3, 0.4) is 0 Å². The van der Waals surface area contributed by atoms with Crippen LogP contribution in [-0.2, 0) is 0 Å². The number of quaternary nitrogens is 1. The van der Waals surface area contributed by atoms with Crippen molar-refractivity contribution in [3.63, 3.8) is 0 Å². The van der Waals surface area contributed by atoms with Crippen LogP contribution in [0.5, 0.6) is 23.3 Å². The average molecular weight is 1140 g/mol. The fraction of sp³-hybridized carbons (Fsp3) is 0.538. The maximum absolute atomic E-state index is 7.71. The van der Waals surface area contributed by atoms with Crippen molar-refractivity contribution >= 4 is 43.4 Å². The molecular weight excluding hydrogens is 1060 g/mol. The number of benzene rings is 4. The summed E-state index contributed by atoms with van der Waals surface area (Å²) in [6.07, 6.45) is 19.1. The van der Waals surface area contributed by atoms with Gasteiger partial charge in [0.05, 0.1) is 60.2 Å². The summed E-state index contributed by atoms with van der Waals surface area (Å²) in [7, 11) is 2.48. The highest BCUT2D eigenvalue weighted by molar-refractivity contribution is 6.02. The van der Waals surface area contributed by atoms with Crippen molar-refractivity contribution in [3.05, 3.63) is 108 Å². The van der Waals surface area contributed by atoms with Gasteiger partial charge in [-0.1, -0.05) is 97.9 Å². The fourth-order valence-corrected chi connectivity index (χ4v) is 14.6. The maximum Gasteiger partial charge on any atom is 0.242 e. The molecule has 4 aromatic carbocycles. The van der Waals surface area contributed by atoms with E-state index in [1.807, 2.05) is 12.4 Å². The molecule has 6 saturated heterocycles. The molecule has 13 rings (SSSR count). The number of pyridine rings is 2. The molecule has 6 fully saturated rings. The minimum atomic E-state index is -0.340. The number of piperidine rings is 6. The number of aromatic nitrogens is 4. The molecule has 0 saturated carbocycles. The molecule has 76 heavy (non-hydrogen) atoms. The Bertz CT molecular complexity index is 3090. The Hall–Kier alpha value is -4.85. The van der Waals surface area contributed by atoms with Gasteiger partial charge in [0.25, 0.3) is 0 Å². The second-order valence-corrected chi connectivity index (χ2v) is 23.3. The normalized spacial score (nSPS) is 24.8. The number of nitrogens with zero attached hydrogens (tertiary/aromatic N) is 6. The number of halogens is 1. The van der Waals surface area contributed by atoms with Crippen molar-refractivity contribution in [1.82, 2.24) is 25.1 Å². The van der Waals surface area contributed by atoms with Gasteiger partial charge >= 0.3 is 0 Å². The lowest BCUT2D eigenvalue weighted by atomic mass is 9.71. The quantitative estimate of drug-likeness (QED) is 0.0374. The van der Waals surface area contributed by atoms with Gasteiger partial charge in [-0.15, -0.1) is 10.2 Å². The summed E-state index contributed by atoms with van der Waals surface area (Å²) in [5, 5.41) is 16.6. The molecule has 6 aliphatic heterocycles. The van der Waals surface area contributed by atoms with E-state index in [0.717, 1.165) is 161 Å². The topological polar surface area (TPSA) is 91.7 Å². The van der Waals surface area contributed by atoms with Gasteiger partial charge in [0.1, 0.15) is 23.6 Å². The Morgan fingerprint density at radius 3 is 1.61 bits per heavy atom. The number of likely N-dealkylation sites (N-methyl/N-ethyl adjacent to an activating group) is 1. The van der Waals surface area contributed by atoms with Crippen LogP contribution in [0.1, 0.15) is 155 Å². The summed E-state index contributed by atoms with van der Waals surface area (Å²) < 4.78 is 29.9. The van der Waals surface area contributed by atoms with E-state index in [0.29, 0.717) is 35.4 Å². The lowest BCUT2D eigenvalue weighted by molar-refractivity contribution is -0.956. The highest BCUT2D eigenvalue weighted by atomic mass is 127. The van der Waals surface area contributed by atoms with Crippen LogP contribution in [0.2, 0.25) is 0 Å². The van der Waals surface area contributed by atoms with E-state index in [-0.39, 0.29) is 60.5 Å². The van der Waals surface area contributed by atoms with Gasteiger partial charge in [-0.25, -0.2) is 0 Å². The van der Waals surface area contributed by atoms with Crippen molar-refractivity contribution in [2.45, 2.75) is 168 Å². The van der Waals surface area contributed by atoms with Gasteiger partial charge in [-0.05, 0) is 141 Å². The molecule has 0 N–H and O–H groups in total. The third kappa shape index (κ3) is 11.0. The second-order valence-electron chi connectivity index (χ2n) is 23.3. The Morgan fingerprint density at radius 2 is 1.11 bits per heavy atom. The maximum atomic E-state index is 7.71. The molecule has 10 atom stereocenters. The van der Waals surface area contributed by atoms with Crippen LogP contribution >= 0.6 is 0 Å². The number of ether oxygens (including phenoxy) is 4. The van der Waals surface area contributed by atoms with Gasteiger partial charge in [-0.2, -0.15) is 0 Å². The third-order valence-electron chi connectivity index (χ3n) is 18.6. The number of rotatable bonds is 22. The van der Waals surface area contributed by atoms with E-state index >= 15 is 0 Å². The van der Waals surface area contributed by atoms with E-state index in [2.05, 4.69) is 138 Å². The lowest BCUT2D eigenvalue weighted by Gasteiger charge is -2.57. The van der Waals surface area contributed by atoms with Gasteiger partial charge in [0, 0.05) is 59.6 Å². The summed E-state index contributed by atoms with van der Waals surface area (Å²) in [4.78, 5) is 12.6. The van der Waals surface area contributed by atoms with Gasteiger partial charge in [-0.3, -0.25) is 14.9 Å². The predicted molar refractivity (Wildman–Crippen MR) is 304 cm³/mol. The number of hydrogen-bond acceptors (Lipinski definition) is 9. The van der Waals surface area contributed by atoms with E-state index < -0.39 is 0 Å². The summed E-state index contributed by atoms with van der Waals surface area (Å²) in [5.41, 5.74) is 4.12. The van der Waals surface area contributed by atoms with Crippen LogP contribution in [0, 0.1) is 23.7 Å². The second kappa shape index (κ2) is 24.0. The monoisotopic (exact) mass is 1140 g/mol. The molecule has 0 spiro atoms. The van der Waals surface area contributed by atoms with Gasteiger partial charge in [0.15, 0.2) is 6.10 Å². The van der Waals surface area contributed by atoms with Crippen molar-refractivity contribution in [1.29, 1.82) is 0 Å². The number of fused-ring (bicyclic) bond motifs is 10. The number of hydrogen-bond donors (Lipinski definition) is 0. The zero-order chi connectivity index (χ0) is 51.6. The van der Waals surface area contributed by atoms with Crippen LogP contribution in [0.25, 0.3) is 43.4 Å². The Kier molecular flexibility index (Phi) is 17.2. The molecule has 6 aliphatic rings. The van der Waals surface area contributed by atoms with Gasteiger partial charge in [0.2, 0.25) is 11.8 Å². The molecule has 10 nitrogen and oxygen atoms in total. The highest BCUT2D eigenvalue weighted by Crippen LogP contribution is 2.50. The van der Waals surface area contributed by atoms with Crippen LogP contribution in [-0.4, -0.2) is 87.1 Å². The van der Waals surface area contributed by atoms with Crippen molar-refractivity contribution in [2.75, 3.05) is 33.2 Å². The van der Waals surface area contributed by atoms with E-state index in [1.54, 1.807) is 0 Å². The minimum absolute atomic E-state index is 0. The first-order valence-electron chi connectivity index (χ1n) is 29.4. The molecule has 0 aliphatic carbocycles. The van der Waals surface area contributed by atoms with E-state index in [1.165, 1.54) is 25.7 Å². The molecular formula is C65H83IN6O4. The summed E-state index contributed by atoms with van der Waals surface area (Å²) in [6, 6.07) is 30.8. The third-order valence-corrected chi connectivity index (χ3v) is 18.6. The smallest absolute Gasteiger partial charge is 0.242 e. The van der Waals surface area contributed by atoms with E-state index in [4.69, 9.17) is 39.1 Å². The Morgan fingerprint density at radius 1 is 0.579 bits per heavy atom.